The van der Waals surface area contributed by atoms with Crippen LogP contribution in [0.1, 0.15) is 121 Å². The van der Waals surface area contributed by atoms with Crippen molar-refractivity contribution < 1.29 is 15.3 Å². The lowest BCUT2D eigenvalue weighted by atomic mass is 9.76. The zero-order valence-corrected chi connectivity index (χ0v) is 28.2. The number of hydrogen-bond donors (Lipinski definition) is 6. The molecule has 0 aliphatic heterocycles. The first-order valence-corrected chi connectivity index (χ1v) is 15.2. The second-order valence-corrected chi connectivity index (χ2v) is 15.7. The van der Waals surface area contributed by atoms with Crippen LogP contribution in [0.4, 0.5) is 0 Å². The van der Waals surface area contributed by atoms with Gasteiger partial charge in [-0.05, 0) is 92.3 Å². The molecule has 0 fully saturated rings. The van der Waals surface area contributed by atoms with E-state index < -0.39 is 0 Å². The highest BCUT2D eigenvalue weighted by Crippen LogP contribution is 2.47. The quantitative estimate of drug-likeness (QED) is 0.166. The Labute approximate surface area is 257 Å². The number of thiol groups is 3. The molecule has 0 saturated heterocycles. The zero-order valence-electron chi connectivity index (χ0n) is 25.5. The Balaban J connectivity index is 2.30. The summed E-state index contributed by atoms with van der Waals surface area (Å²) in [6, 6.07) is 11.5. The standard InChI is InChI=1S/C34H46O3S3/c1-18(19-12-23(32(2,3)4)26(35)15-29(19)38)11-20(21-13-24(33(5,6)7)27(36)16-30(21)39)22-14-25(34(8,9)10)28(37)17-31(22)40/h12-18,20,35-40H,11H2,1-10H3. The Hall–Kier alpha value is -1.89. The molecule has 0 bridgehead atoms. The summed E-state index contributed by atoms with van der Waals surface area (Å²) >= 11 is 14.5. The van der Waals surface area contributed by atoms with Crippen molar-refractivity contribution in [3.8, 4) is 17.2 Å². The lowest BCUT2D eigenvalue weighted by Gasteiger charge is -2.30. The zero-order chi connectivity index (χ0) is 30.5. The second kappa shape index (κ2) is 11.4. The van der Waals surface area contributed by atoms with Crippen molar-refractivity contribution in [2.75, 3.05) is 0 Å². The van der Waals surface area contributed by atoms with Crippen LogP contribution in [0.25, 0.3) is 0 Å². The predicted octanol–water partition coefficient (Wildman–Crippen LogP) is 9.89. The van der Waals surface area contributed by atoms with Crippen molar-refractivity contribution >= 4 is 37.9 Å². The smallest absolute Gasteiger partial charge is 0.120 e. The summed E-state index contributed by atoms with van der Waals surface area (Å²) in [5.74, 6) is 0.621. The summed E-state index contributed by atoms with van der Waals surface area (Å²) < 4.78 is 0. The molecule has 0 saturated carbocycles. The van der Waals surface area contributed by atoms with E-state index in [4.69, 9.17) is 37.9 Å². The van der Waals surface area contributed by atoms with Gasteiger partial charge >= 0.3 is 0 Å². The molecule has 3 aromatic carbocycles. The summed E-state index contributed by atoms with van der Waals surface area (Å²) in [4.78, 5) is 2.15. The van der Waals surface area contributed by atoms with E-state index in [9.17, 15) is 15.3 Å². The molecule has 218 valence electrons. The van der Waals surface area contributed by atoms with Gasteiger partial charge in [0.25, 0.3) is 0 Å². The van der Waals surface area contributed by atoms with E-state index in [0.29, 0.717) is 16.2 Å². The number of phenolic OH excluding ortho intramolecular Hbond substituents is 3. The van der Waals surface area contributed by atoms with Crippen molar-refractivity contribution in [3.63, 3.8) is 0 Å². The highest BCUT2D eigenvalue weighted by Gasteiger charge is 2.30. The molecule has 0 heterocycles. The van der Waals surface area contributed by atoms with E-state index in [1.54, 1.807) is 18.2 Å². The van der Waals surface area contributed by atoms with Crippen LogP contribution < -0.4 is 0 Å². The van der Waals surface area contributed by atoms with Crippen molar-refractivity contribution in [2.45, 2.75) is 118 Å². The molecule has 3 rings (SSSR count). The molecule has 0 aliphatic rings. The Morgan fingerprint density at radius 1 is 0.525 bits per heavy atom. The van der Waals surface area contributed by atoms with Crippen LogP contribution in [-0.4, -0.2) is 15.3 Å². The summed E-state index contributed by atoms with van der Waals surface area (Å²) in [6.07, 6.45) is 0.700. The van der Waals surface area contributed by atoms with Crippen molar-refractivity contribution in [2.24, 2.45) is 0 Å². The van der Waals surface area contributed by atoms with Crippen LogP contribution >= 0.6 is 37.9 Å². The first-order chi connectivity index (χ1) is 18.1. The molecule has 3 aromatic rings. The van der Waals surface area contributed by atoms with E-state index >= 15 is 0 Å². The molecule has 3 nitrogen and oxygen atoms in total. The molecule has 0 aromatic heterocycles. The van der Waals surface area contributed by atoms with E-state index in [1.165, 1.54) is 0 Å². The molecule has 0 radical (unpaired) electrons. The maximum atomic E-state index is 10.8. The fraction of sp³-hybridized carbons (Fsp3) is 0.471. The van der Waals surface area contributed by atoms with Gasteiger partial charge in [-0.3, -0.25) is 0 Å². The van der Waals surface area contributed by atoms with Gasteiger partial charge < -0.3 is 15.3 Å². The largest absolute Gasteiger partial charge is 0.508 e. The fourth-order valence-corrected chi connectivity index (χ4v) is 6.53. The highest BCUT2D eigenvalue weighted by molar-refractivity contribution is 7.80. The van der Waals surface area contributed by atoms with E-state index in [2.05, 4.69) is 87.4 Å². The molecule has 40 heavy (non-hydrogen) atoms. The number of rotatable bonds is 5. The van der Waals surface area contributed by atoms with Gasteiger partial charge in [-0.2, -0.15) is 0 Å². The monoisotopic (exact) mass is 598 g/mol. The van der Waals surface area contributed by atoms with Gasteiger partial charge in [-0.25, -0.2) is 0 Å². The summed E-state index contributed by atoms with van der Waals surface area (Å²) in [5, 5.41) is 32.4. The van der Waals surface area contributed by atoms with Crippen LogP contribution in [-0.2, 0) is 16.2 Å². The van der Waals surface area contributed by atoms with Gasteiger partial charge in [0, 0.05) is 20.6 Å². The first-order valence-electron chi connectivity index (χ1n) is 13.8. The topological polar surface area (TPSA) is 60.7 Å². The van der Waals surface area contributed by atoms with E-state index in [0.717, 1.165) is 38.3 Å². The van der Waals surface area contributed by atoms with Gasteiger partial charge in [0.15, 0.2) is 0 Å². The van der Waals surface area contributed by atoms with Crippen LogP contribution in [0.3, 0.4) is 0 Å². The molecular weight excluding hydrogens is 553 g/mol. The fourth-order valence-electron chi connectivity index (χ4n) is 5.44. The predicted molar refractivity (Wildman–Crippen MR) is 177 cm³/mol. The third-order valence-electron chi connectivity index (χ3n) is 7.73. The second-order valence-electron chi connectivity index (χ2n) is 14.2. The number of benzene rings is 3. The Bertz CT molecular complexity index is 1340. The average molecular weight is 599 g/mol. The SMILES string of the molecule is CC(CC(c1cc(C(C)(C)C)c(O)cc1S)c1cc(C(C)(C)C)c(O)cc1S)c1cc(C(C)(C)C)c(O)cc1S. The van der Waals surface area contributed by atoms with Crippen molar-refractivity contribution in [3.05, 3.63) is 69.8 Å². The molecule has 6 heteroatoms. The summed E-state index contributed by atoms with van der Waals surface area (Å²) in [5.41, 5.74) is 4.85. The minimum atomic E-state index is -0.275. The molecular formula is C34H46O3S3. The van der Waals surface area contributed by atoms with Gasteiger partial charge in [-0.15, -0.1) is 37.9 Å². The number of phenols is 3. The average Bonchev–Trinajstić information content (AvgIpc) is 2.75. The number of hydrogen-bond acceptors (Lipinski definition) is 6. The van der Waals surface area contributed by atoms with Crippen LogP contribution in [0.2, 0.25) is 0 Å². The summed E-state index contributed by atoms with van der Waals surface area (Å²) in [6.45, 7) is 21.0. The van der Waals surface area contributed by atoms with E-state index in [-0.39, 0.29) is 45.3 Å². The molecule has 3 N–H and O–H groups in total. The minimum Gasteiger partial charge on any atom is -0.508 e. The van der Waals surface area contributed by atoms with E-state index in [1.807, 2.05) is 0 Å². The van der Waals surface area contributed by atoms with Crippen molar-refractivity contribution in [1.29, 1.82) is 0 Å². The highest BCUT2D eigenvalue weighted by atomic mass is 32.1. The molecule has 0 spiro atoms. The third-order valence-corrected chi connectivity index (χ3v) is 8.89. The Morgan fingerprint density at radius 3 is 1.10 bits per heavy atom. The normalized spacial score (nSPS) is 13.7. The van der Waals surface area contributed by atoms with Gasteiger partial charge in [0.2, 0.25) is 0 Å². The van der Waals surface area contributed by atoms with Gasteiger partial charge in [0.1, 0.15) is 17.2 Å². The maximum absolute atomic E-state index is 10.8. The van der Waals surface area contributed by atoms with Crippen molar-refractivity contribution in [1.82, 2.24) is 0 Å². The Morgan fingerprint density at radius 2 is 0.800 bits per heavy atom. The van der Waals surface area contributed by atoms with Crippen LogP contribution in [0, 0.1) is 0 Å². The number of aromatic hydroxyl groups is 3. The van der Waals surface area contributed by atoms with Gasteiger partial charge in [-0.1, -0.05) is 75.3 Å². The third kappa shape index (κ3) is 6.94. The van der Waals surface area contributed by atoms with Gasteiger partial charge in [0.05, 0.1) is 0 Å². The Kier molecular flexibility index (Phi) is 9.31. The maximum Gasteiger partial charge on any atom is 0.120 e. The molecule has 1 unspecified atom stereocenters. The molecule has 0 amide bonds. The molecule has 0 aliphatic carbocycles. The summed E-state index contributed by atoms with van der Waals surface area (Å²) in [7, 11) is 0. The molecule has 1 atom stereocenters. The van der Waals surface area contributed by atoms with Crippen LogP contribution in [0.5, 0.6) is 17.2 Å². The van der Waals surface area contributed by atoms with Crippen LogP contribution in [0.15, 0.2) is 51.1 Å². The minimum absolute atomic E-state index is 0.0541. The lowest BCUT2D eigenvalue weighted by Crippen LogP contribution is -2.16. The first kappa shape index (κ1) is 32.6. The lowest BCUT2D eigenvalue weighted by molar-refractivity contribution is 0.442.